The van der Waals surface area contributed by atoms with Gasteiger partial charge in [-0.15, -0.1) is 11.3 Å². The number of H-pyrrole nitrogens is 1. The van der Waals surface area contributed by atoms with Gasteiger partial charge in [0.05, 0.1) is 10.6 Å². The number of likely N-dealkylation sites (tertiary alicyclic amines) is 1. The third-order valence-electron chi connectivity index (χ3n) is 5.38. The van der Waals surface area contributed by atoms with Crippen molar-refractivity contribution >= 4 is 17.2 Å². The fourth-order valence-electron chi connectivity index (χ4n) is 4.08. The number of nitrogens with one attached hydrogen (secondary N) is 1. The van der Waals surface area contributed by atoms with Gasteiger partial charge in [0.2, 0.25) is 0 Å². The van der Waals surface area contributed by atoms with Gasteiger partial charge >= 0.3 is 0 Å². The second kappa shape index (κ2) is 6.11. The van der Waals surface area contributed by atoms with Gasteiger partial charge in [-0.25, -0.2) is 0 Å². The van der Waals surface area contributed by atoms with Crippen LogP contribution >= 0.6 is 11.3 Å². The zero-order chi connectivity index (χ0) is 15.8. The van der Waals surface area contributed by atoms with Crippen LogP contribution in [-0.2, 0) is 0 Å². The summed E-state index contributed by atoms with van der Waals surface area (Å²) in [6.45, 7) is 3.90. The van der Waals surface area contributed by atoms with E-state index in [4.69, 9.17) is 0 Å². The van der Waals surface area contributed by atoms with E-state index in [1.54, 1.807) is 11.3 Å². The molecule has 1 N–H and O–H groups in total. The molecule has 2 atom stereocenters. The maximum atomic E-state index is 12.8. The number of amides is 1. The summed E-state index contributed by atoms with van der Waals surface area (Å²) in [4.78, 5) is 17.2. The molecule has 1 saturated carbocycles. The third-order valence-corrected chi connectivity index (χ3v) is 6.42. The van der Waals surface area contributed by atoms with E-state index in [0.29, 0.717) is 11.6 Å². The fraction of sp³-hybridized carbons (Fsp3) is 0.556. The lowest BCUT2D eigenvalue weighted by atomic mass is 9.75. The number of nitrogens with zero attached hydrogens (tertiary/aromatic N) is 2. The molecule has 0 bridgehead atoms. The van der Waals surface area contributed by atoms with Crippen LogP contribution in [-0.4, -0.2) is 34.1 Å². The standard InChI is InChI=1S/C18H23N3OS/c1-12-6-7-17(23-12)15-10-16(20-19-15)18(22)21-9-8-13-4-2-3-5-14(13)11-21/h6-7,10,13-14H,2-5,8-9,11H2,1H3,(H,19,20)/t13-,14-/m0/s1. The zero-order valence-corrected chi connectivity index (χ0v) is 14.4. The molecule has 23 heavy (non-hydrogen) atoms. The van der Waals surface area contributed by atoms with E-state index in [2.05, 4.69) is 29.3 Å². The van der Waals surface area contributed by atoms with Crippen molar-refractivity contribution in [2.24, 2.45) is 11.8 Å². The van der Waals surface area contributed by atoms with Crippen molar-refractivity contribution < 1.29 is 4.79 Å². The second-order valence-electron chi connectivity index (χ2n) is 6.92. The summed E-state index contributed by atoms with van der Waals surface area (Å²) in [5, 5.41) is 7.30. The number of rotatable bonds is 2. The van der Waals surface area contributed by atoms with Crippen molar-refractivity contribution in [2.75, 3.05) is 13.1 Å². The van der Waals surface area contributed by atoms with Gasteiger partial charge in [-0.05, 0) is 49.8 Å². The van der Waals surface area contributed by atoms with Crippen LogP contribution in [0.15, 0.2) is 18.2 Å². The summed E-state index contributed by atoms with van der Waals surface area (Å²) in [6, 6.07) is 6.08. The Morgan fingerprint density at radius 1 is 1.26 bits per heavy atom. The predicted molar refractivity (Wildman–Crippen MR) is 92.6 cm³/mol. The average Bonchev–Trinajstić information content (AvgIpc) is 3.22. The van der Waals surface area contributed by atoms with Crippen molar-refractivity contribution in [1.29, 1.82) is 0 Å². The molecule has 2 aromatic heterocycles. The molecule has 4 nitrogen and oxygen atoms in total. The molecule has 1 aliphatic carbocycles. The molecule has 1 amide bonds. The third kappa shape index (κ3) is 2.94. The highest BCUT2D eigenvalue weighted by atomic mass is 32.1. The molecular weight excluding hydrogens is 306 g/mol. The van der Waals surface area contributed by atoms with Crippen molar-refractivity contribution in [2.45, 2.75) is 39.0 Å². The van der Waals surface area contributed by atoms with Gasteiger partial charge < -0.3 is 4.90 Å². The van der Waals surface area contributed by atoms with Crippen molar-refractivity contribution in [3.05, 3.63) is 28.8 Å². The fourth-order valence-corrected chi connectivity index (χ4v) is 4.92. The Balaban J connectivity index is 1.48. The molecule has 1 aliphatic heterocycles. The molecule has 5 heteroatoms. The second-order valence-corrected chi connectivity index (χ2v) is 8.21. The van der Waals surface area contributed by atoms with Gasteiger partial charge in [0, 0.05) is 18.0 Å². The molecule has 2 aliphatic rings. The number of aromatic nitrogens is 2. The number of fused-ring (bicyclic) bond motifs is 1. The minimum absolute atomic E-state index is 0.0878. The molecule has 0 radical (unpaired) electrons. The molecule has 0 aromatic carbocycles. The van der Waals surface area contributed by atoms with Crippen LogP contribution in [0.3, 0.4) is 0 Å². The van der Waals surface area contributed by atoms with E-state index in [9.17, 15) is 4.79 Å². The highest BCUT2D eigenvalue weighted by Gasteiger charge is 2.33. The molecular formula is C18H23N3OS. The first kappa shape index (κ1) is 14.9. The van der Waals surface area contributed by atoms with E-state index in [-0.39, 0.29) is 5.91 Å². The van der Waals surface area contributed by atoms with Crippen LogP contribution in [0.1, 0.15) is 47.5 Å². The summed E-state index contributed by atoms with van der Waals surface area (Å²) in [5.74, 6) is 1.64. The topological polar surface area (TPSA) is 49.0 Å². The number of hydrogen-bond donors (Lipinski definition) is 1. The Labute approximate surface area is 140 Å². The van der Waals surface area contributed by atoms with Gasteiger partial charge in [0.1, 0.15) is 0 Å². The number of carbonyl (C=O) groups excluding carboxylic acids is 1. The first-order valence-electron chi connectivity index (χ1n) is 8.62. The average molecular weight is 329 g/mol. The lowest BCUT2D eigenvalue weighted by Crippen LogP contribution is -2.44. The zero-order valence-electron chi connectivity index (χ0n) is 13.5. The summed E-state index contributed by atoms with van der Waals surface area (Å²) >= 11 is 1.72. The highest BCUT2D eigenvalue weighted by Crippen LogP contribution is 2.36. The first-order chi connectivity index (χ1) is 11.2. The molecule has 3 heterocycles. The van der Waals surface area contributed by atoms with Crippen LogP contribution < -0.4 is 0 Å². The molecule has 1 saturated heterocycles. The Kier molecular flexibility index (Phi) is 3.97. The number of aryl methyl sites for hydroxylation is 1. The molecule has 0 spiro atoms. The van der Waals surface area contributed by atoms with Crippen LogP contribution in [0.2, 0.25) is 0 Å². The van der Waals surface area contributed by atoms with Crippen LogP contribution in [0.4, 0.5) is 0 Å². The van der Waals surface area contributed by atoms with Crippen molar-refractivity contribution in [3.8, 4) is 10.6 Å². The lowest BCUT2D eigenvalue weighted by Gasteiger charge is -2.41. The quantitative estimate of drug-likeness (QED) is 0.902. The van der Waals surface area contributed by atoms with Crippen LogP contribution in [0.5, 0.6) is 0 Å². The van der Waals surface area contributed by atoms with E-state index >= 15 is 0 Å². The number of aromatic amines is 1. The summed E-state index contributed by atoms with van der Waals surface area (Å²) < 4.78 is 0. The molecule has 2 fully saturated rings. The minimum atomic E-state index is 0.0878. The largest absolute Gasteiger partial charge is 0.337 e. The molecule has 0 unspecified atom stereocenters. The summed E-state index contributed by atoms with van der Waals surface area (Å²) in [7, 11) is 0. The maximum Gasteiger partial charge on any atom is 0.274 e. The van der Waals surface area contributed by atoms with Crippen LogP contribution in [0.25, 0.3) is 10.6 Å². The van der Waals surface area contributed by atoms with Gasteiger partial charge in [-0.1, -0.05) is 19.3 Å². The number of hydrogen-bond acceptors (Lipinski definition) is 3. The highest BCUT2D eigenvalue weighted by molar-refractivity contribution is 7.15. The van der Waals surface area contributed by atoms with Crippen molar-refractivity contribution in [1.82, 2.24) is 15.1 Å². The van der Waals surface area contributed by atoms with Gasteiger partial charge in [-0.3, -0.25) is 9.89 Å². The van der Waals surface area contributed by atoms with Crippen molar-refractivity contribution in [3.63, 3.8) is 0 Å². The van der Waals surface area contributed by atoms with E-state index in [1.165, 1.54) is 30.6 Å². The number of thiophene rings is 1. The molecule has 4 rings (SSSR count). The summed E-state index contributed by atoms with van der Waals surface area (Å²) in [5.41, 5.74) is 1.50. The molecule has 2 aromatic rings. The Bertz CT molecular complexity index is 705. The predicted octanol–water partition coefficient (Wildman–Crippen LogP) is 4.10. The first-order valence-corrected chi connectivity index (χ1v) is 9.44. The monoisotopic (exact) mass is 329 g/mol. The summed E-state index contributed by atoms with van der Waals surface area (Å²) in [6.07, 6.45) is 6.51. The Morgan fingerprint density at radius 3 is 2.87 bits per heavy atom. The molecule has 122 valence electrons. The SMILES string of the molecule is Cc1ccc(-c2cc(C(=O)N3CC[C@@H]4CCCC[C@H]4C3)n[nH]2)s1. The smallest absolute Gasteiger partial charge is 0.274 e. The van der Waals surface area contributed by atoms with Gasteiger partial charge in [-0.2, -0.15) is 5.10 Å². The Morgan fingerprint density at radius 2 is 2.09 bits per heavy atom. The number of carbonyl (C=O) groups is 1. The van der Waals surface area contributed by atoms with E-state index in [0.717, 1.165) is 36.0 Å². The van der Waals surface area contributed by atoms with Gasteiger partial charge in [0.25, 0.3) is 5.91 Å². The normalized spacial score (nSPS) is 24.5. The van der Waals surface area contributed by atoms with Gasteiger partial charge in [0.15, 0.2) is 5.69 Å². The van der Waals surface area contributed by atoms with E-state index in [1.807, 2.05) is 11.0 Å². The Hall–Kier alpha value is -1.62. The van der Waals surface area contributed by atoms with Crippen LogP contribution in [0, 0.1) is 18.8 Å². The lowest BCUT2D eigenvalue weighted by molar-refractivity contribution is 0.0515. The minimum Gasteiger partial charge on any atom is -0.337 e. The number of piperidine rings is 1. The van der Waals surface area contributed by atoms with E-state index < -0.39 is 0 Å². The maximum absolute atomic E-state index is 12.8.